The van der Waals surface area contributed by atoms with Crippen molar-refractivity contribution < 1.29 is 9.53 Å². The Kier molecular flexibility index (Phi) is 2.51. The molecule has 0 amide bonds. The fourth-order valence-electron chi connectivity index (χ4n) is 1.12. The van der Waals surface area contributed by atoms with Crippen LogP contribution in [0.4, 0.5) is 0 Å². The highest BCUT2D eigenvalue weighted by molar-refractivity contribution is 6.29. The Morgan fingerprint density at radius 3 is 3.20 bits per heavy atom. The van der Waals surface area contributed by atoms with Crippen LogP contribution in [0.3, 0.4) is 0 Å². The van der Waals surface area contributed by atoms with Crippen molar-refractivity contribution in [2.45, 2.75) is 6.92 Å². The third kappa shape index (κ3) is 1.75. The molecular weight excluding hydrogens is 220 g/mol. The lowest BCUT2D eigenvalue weighted by Gasteiger charge is -1.97. The molecule has 0 aromatic carbocycles. The molecular formula is C8H7ClN4O2. The topological polar surface area (TPSA) is 80.8 Å². The van der Waals surface area contributed by atoms with Crippen LogP contribution in [0.25, 0.3) is 11.2 Å². The van der Waals surface area contributed by atoms with E-state index in [1.165, 1.54) is 6.20 Å². The molecule has 0 saturated heterocycles. The maximum Gasteiger partial charge on any atom is 0.358 e. The lowest BCUT2D eigenvalue weighted by molar-refractivity contribution is 0.0521. The fraction of sp³-hybridized carbons (Fsp3) is 0.250. The Labute approximate surface area is 89.6 Å². The van der Waals surface area contributed by atoms with Crippen molar-refractivity contribution in [2.24, 2.45) is 0 Å². The van der Waals surface area contributed by atoms with Gasteiger partial charge in [0.15, 0.2) is 5.69 Å². The molecule has 0 atom stereocenters. The second kappa shape index (κ2) is 3.82. The average molecular weight is 227 g/mol. The Bertz CT molecular complexity index is 510. The lowest BCUT2D eigenvalue weighted by atomic mass is 10.4. The first-order valence-corrected chi connectivity index (χ1v) is 4.64. The number of fused-ring (bicyclic) bond motifs is 1. The number of carbonyl (C=O) groups excluding carboxylic acids is 1. The standard InChI is InChI=1S/C8H7ClN4O2/c1-2-15-8(14)6-5-7(13-12-6)11-4(9)3-10-5/h3H,2H2,1H3,(H,11,12,13). The first-order chi connectivity index (χ1) is 7.22. The van der Waals surface area contributed by atoms with Crippen molar-refractivity contribution in [3.05, 3.63) is 17.0 Å². The van der Waals surface area contributed by atoms with Crippen LogP contribution < -0.4 is 0 Å². The highest BCUT2D eigenvalue weighted by atomic mass is 35.5. The van der Waals surface area contributed by atoms with Gasteiger partial charge in [-0.15, -0.1) is 0 Å². The number of carbonyl (C=O) groups is 1. The minimum atomic E-state index is -0.503. The first kappa shape index (κ1) is 9.85. The van der Waals surface area contributed by atoms with E-state index >= 15 is 0 Å². The second-order valence-corrected chi connectivity index (χ2v) is 3.07. The van der Waals surface area contributed by atoms with Gasteiger partial charge in [0.25, 0.3) is 0 Å². The molecule has 0 saturated carbocycles. The summed E-state index contributed by atoms with van der Waals surface area (Å²) >= 11 is 5.62. The number of nitrogens with zero attached hydrogens (tertiary/aromatic N) is 3. The third-order valence-corrected chi connectivity index (χ3v) is 1.90. The molecule has 0 fully saturated rings. The van der Waals surface area contributed by atoms with Crippen LogP contribution in [0.2, 0.25) is 5.15 Å². The zero-order valence-electron chi connectivity index (χ0n) is 7.82. The largest absolute Gasteiger partial charge is 0.461 e. The maximum absolute atomic E-state index is 11.4. The molecule has 0 radical (unpaired) electrons. The molecule has 0 aliphatic carbocycles. The van der Waals surface area contributed by atoms with Crippen LogP contribution in [0.5, 0.6) is 0 Å². The van der Waals surface area contributed by atoms with Gasteiger partial charge < -0.3 is 4.74 Å². The number of ether oxygens (including phenoxy) is 1. The van der Waals surface area contributed by atoms with Gasteiger partial charge in [0, 0.05) is 0 Å². The van der Waals surface area contributed by atoms with Crippen LogP contribution in [0.15, 0.2) is 6.20 Å². The SMILES string of the molecule is CCOC(=O)c1[nH]nc2nc(Cl)cnc12. The Balaban J connectivity index is 2.49. The zero-order chi connectivity index (χ0) is 10.8. The van der Waals surface area contributed by atoms with Crippen LogP contribution in [0.1, 0.15) is 17.4 Å². The molecule has 2 heterocycles. The average Bonchev–Trinajstić information content (AvgIpc) is 2.60. The van der Waals surface area contributed by atoms with E-state index in [0.29, 0.717) is 17.8 Å². The molecule has 0 aliphatic rings. The number of aromatic amines is 1. The Hall–Kier alpha value is -1.69. The van der Waals surface area contributed by atoms with Gasteiger partial charge in [-0.3, -0.25) is 5.10 Å². The van der Waals surface area contributed by atoms with Gasteiger partial charge in [-0.2, -0.15) is 5.10 Å². The minimum Gasteiger partial charge on any atom is -0.461 e. The number of halogens is 1. The number of hydrogen-bond acceptors (Lipinski definition) is 5. The van der Waals surface area contributed by atoms with E-state index in [1.54, 1.807) is 6.92 Å². The molecule has 1 N–H and O–H groups in total. The predicted octanol–water partition coefficient (Wildman–Crippen LogP) is 1.18. The van der Waals surface area contributed by atoms with E-state index in [1.807, 2.05) is 0 Å². The van der Waals surface area contributed by atoms with E-state index in [-0.39, 0.29) is 10.8 Å². The predicted molar refractivity (Wildman–Crippen MR) is 52.7 cm³/mol. The Morgan fingerprint density at radius 2 is 2.47 bits per heavy atom. The quantitative estimate of drug-likeness (QED) is 0.778. The van der Waals surface area contributed by atoms with Crippen molar-refractivity contribution in [2.75, 3.05) is 6.61 Å². The van der Waals surface area contributed by atoms with Crippen LogP contribution in [0, 0.1) is 0 Å². The molecule has 78 valence electrons. The smallest absolute Gasteiger partial charge is 0.358 e. The summed E-state index contributed by atoms with van der Waals surface area (Å²) in [4.78, 5) is 19.3. The molecule has 0 aliphatic heterocycles. The maximum atomic E-state index is 11.4. The molecule has 0 spiro atoms. The van der Waals surface area contributed by atoms with Gasteiger partial charge in [-0.1, -0.05) is 11.6 Å². The summed E-state index contributed by atoms with van der Waals surface area (Å²) in [7, 11) is 0. The van der Waals surface area contributed by atoms with Gasteiger partial charge >= 0.3 is 5.97 Å². The monoisotopic (exact) mass is 226 g/mol. The highest BCUT2D eigenvalue weighted by Crippen LogP contribution is 2.14. The number of aromatic nitrogens is 4. The normalized spacial score (nSPS) is 10.5. The zero-order valence-corrected chi connectivity index (χ0v) is 8.58. The van der Waals surface area contributed by atoms with Crippen LogP contribution in [-0.2, 0) is 4.74 Å². The van der Waals surface area contributed by atoms with Gasteiger partial charge in [0.1, 0.15) is 10.7 Å². The number of hydrogen-bond donors (Lipinski definition) is 1. The molecule has 2 aromatic rings. The lowest BCUT2D eigenvalue weighted by Crippen LogP contribution is -2.05. The summed E-state index contributed by atoms with van der Waals surface area (Å²) < 4.78 is 4.81. The molecule has 0 bridgehead atoms. The molecule has 2 rings (SSSR count). The summed E-state index contributed by atoms with van der Waals surface area (Å²) in [5.41, 5.74) is 0.847. The second-order valence-electron chi connectivity index (χ2n) is 2.68. The molecule has 7 heteroatoms. The van der Waals surface area contributed by atoms with Gasteiger partial charge in [-0.25, -0.2) is 14.8 Å². The van der Waals surface area contributed by atoms with Crippen LogP contribution >= 0.6 is 11.6 Å². The van der Waals surface area contributed by atoms with Crippen molar-refractivity contribution >= 4 is 28.7 Å². The molecule has 15 heavy (non-hydrogen) atoms. The third-order valence-electron chi connectivity index (χ3n) is 1.71. The summed E-state index contributed by atoms with van der Waals surface area (Å²) in [5, 5.41) is 6.54. The van der Waals surface area contributed by atoms with Gasteiger partial charge in [-0.05, 0) is 6.92 Å². The minimum absolute atomic E-state index is 0.191. The number of H-pyrrole nitrogens is 1. The molecule has 0 unspecified atom stereocenters. The summed E-state index contributed by atoms with van der Waals surface area (Å²) in [6.45, 7) is 2.01. The highest BCUT2D eigenvalue weighted by Gasteiger charge is 2.16. The van der Waals surface area contributed by atoms with E-state index in [4.69, 9.17) is 16.3 Å². The molecule has 2 aromatic heterocycles. The van der Waals surface area contributed by atoms with Gasteiger partial charge in [0.05, 0.1) is 12.8 Å². The summed E-state index contributed by atoms with van der Waals surface area (Å²) in [6.07, 6.45) is 1.35. The number of rotatable bonds is 2. The van der Waals surface area contributed by atoms with E-state index in [9.17, 15) is 4.79 Å². The van der Waals surface area contributed by atoms with Crippen LogP contribution in [-0.4, -0.2) is 32.7 Å². The fourth-order valence-corrected chi connectivity index (χ4v) is 1.25. The number of nitrogens with one attached hydrogen (secondary N) is 1. The van der Waals surface area contributed by atoms with Gasteiger partial charge in [0.2, 0.25) is 5.65 Å². The number of esters is 1. The van der Waals surface area contributed by atoms with E-state index in [0.717, 1.165) is 0 Å². The van der Waals surface area contributed by atoms with Crippen molar-refractivity contribution in [3.8, 4) is 0 Å². The van der Waals surface area contributed by atoms with E-state index in [2.05, 4.69) is 20.2 Å². The van der Waals surface area contributed by atoms with Crippen molar-refractivity contribution in [1.82, 2.24) is 20.2 Å². The Morgan fingerprint density at radius 1 is 1.67 bits per heavy atom. The summed E-state index contributed by atoms with van der Waals surface area (Å²) in [6, 6.07) is 0. The van der Waals surface area contributed by atoms with Crippen molar-refractivity contribution in [3.63, 3.8) is 0 Å². The first-order valence-electron chi connectivity index (χ1n) is 4.26. The van der Waals surface area contributed by atoms with Crippen molar-refractivity contribution in [1.29, 1.82) is 0 Å². The molecule has 6 nitrogen and oxygen atoms in total. The summed E-state index contributed by atoms with van der Waals surface area (Å²) in [5.74, 6) is -0.503. The van der Waals surface area contributed by atoms with E-state index < -0.39 is 5.97 Å².